The van der Waals surface area contributed by atoms with E-state index in [9.17, 15) is 4.79 Å². The molecule has 2 aliphatic rings. The molecule has 0 spiro atoms. The van der Waals surface area contributed by atoms with Crippen molar-refractivity contribution < 1.29 is 4.79 Å². The SMILES string of the molecule is C[C@H](Sc1nnc(Cc2cccs2)n1C1CC1)C(=O)N1c2ccccc2C[C@@H]1C. The Balaban J connectivity index is 1.36. The van der Waals surface area contributed by atoms with E-state index in [0.29, 0.717) is 6.04 Å². The van der Waals surface area contributed by atoms with Crippen LogP contribution in [-0.4, -0.2) is 32.0 Å². The van der Waals surface area contributed by atoms with E-state index in [1.54, 1.807) is 23.1 Å². The summed E-state index contributed by atoms with van der Waals surface area (Å²) < 4.78 is 2.27. The highest BCUT2D eigenvalue weighted by atomic mass is 32.2. The number of fused-ring (bicyclic) bond motifs is 1. The number of hydrogen-bond donors (Lipinski definition) is 0. The van der Waals surface area contributed by atoms with Crippen LogP contribution in [0.25, 0.3) is 0 Å². The van der Waals surface area contributed by atoms with Crippen LogP contribution < -0.4 is 4.90 Å². The van der Waals surface area contributed by atoms with Gasteiger partial charge in [0.15, 0.2) is 5.16 Å². The van der Waals surface area contributed by atoms with E-state index in [0.717, 1.165) is 29.5 Å². The largest absolute Gasteiger partial charge is 0.308 e. The zero-order chi connectivity index (χ0) is 20.0. The monoisotopic (exact) mass is 424 g/mol. The van der Waals surface area contributed by atoms with Crippen molar-refractivity contribution in [2.24, 2.45) is 0 Å². The number of hydrogen-bond acceptors (Lipinski definition) is 5. The molecule has 7 heteroatoms. The second-order valence-corrected chi connectivity index (χ2v) is 10.2. The Hall–Kier alpha value is -2.12. The van der Waals surface area contributed by atoms with Crippen LogP contribution in [0.4, 0.5) is 5.69 Å². The minimum absolute atomic E-state index is 0.151. The van der Waals surface area contributed by atoms with Crippen molar-refractivity contribution in [3.63, 3.8) is 0 Å². The molecule has 1 aliphatic carbocycles. The van der Waals surface area contributed by atoms with Gasteiger partial charge in [-0.15, -0.1) is 21.5 Å². The van der Waals surface area contributed by atoms with Crippen LogP contribution in [0.3, 0.4) is 0 Å². The fourth-order valence-electron chi connectivity index (χ4n) is 4.08. The molecule has 3 heterocycles. The van der Waals surface area contributed by atoms with Crippen LogP contribution in [-0.2, 0) is 17.6 Å². The first-order chi connectivity index (χ1) is 14.1. The molecule has 0 N–H and O–H groups in total. The van der Waals surface area contributed by atoms with Crippen LogP contribution in [0.1, 0.15) is 49.0 Å². The molecule has 1 saturated carbocycles. The lowest BCUT2D eigenvalue weighted by atomic mass is 10.1. The first kappa shape index (κ1) is 18.9. The molecular weight excluding hydrogens is 400 g/mol. The summed E-state index contributed by atoms with van der Waals surface area (Å²) in [5.74, 6) is 1.16. The maximum absolute atomic E-state index is 13.3. The summed E-state index contributed by atoms with van der Waals surface area (Å²) >= 11 is 3.29. The summed E-state index contributed by atoms with van der Waals surface area (Å²) in [7, 11) is 0. The first-order valence-corrected chi connectivity index (χ1v) is 11.9. The first-order valence-electron chi connectivity index (χ1n) is 10.2. The van der Waals surface area contributed by atoms with Crippen molar-refractivity contribution in [1.29, 1.82) is 0 Å². The third-order valence-corrected chi connectivity index (χ3v) is 7.55. The summed E-state index contributed by atoms with van der Waals surface area (Å²) in [6.07, 6.45) is 4.06. The van der Waals surface area contributed by atoms with Gasteiger partial charge in [-0.25, -0.2) is 0 Å². The Morgan fingerprint density at radius 1 is 1.24 bits per heavy atom. The topological polar surface area (TPSA) is 51.0 Å². The highest BCUT2D eigenvalue weighted by Crippen LogP contribution is 2.41. The van der Waals surface area contributed by atoms with Crippen molar-refractivity contribution in [2.45, 2.75) is 62.0 Å². The second-order valence-electron chi connectivity index (χ2n) is 7.91. The third kappa shape index (κ3) is 3.62. The quantitative estimate of drug-likeness (QED) is 0.537. The van der Waals surface area contributed by atoms with Gasteiger partial charge in [-0.05, 0) is 56.2 Å². The molecule has 1 amide bonds. The Morgan fingerprint density at radius 2 is 2.07 bits per heavy atom. The van der Waals surface area contributed by atoms with Gasteiger partial charge in [-0.1, -0.05) is 36.0 Å². The summed E-state index contributed by atoms with van der Waals surface area (Å²) in [6, 6.07) is 13.1. The van der Waals surface area contributed by atoms with Crippen molar-refractivity contribution in [3.8, 4) is 0 Å². The molecule has 3 aromatic rings. The molecule has 0 bridgehead atoms. The number of benzene rings is 1. The number of carbonyl (C=O) groups is 1. The second kappa shape index (κ2) is 7.61. The normalized spacial score (nSPS) is 19.4. The molecule has 1 aromatic carbocycles. The molecular formula is C22H24N4OS2. The fourth-order valence-corrected chi connectivity index (χ4v) is 5.77. The molecule has 5 rings (SSSR count). The molecule has 5 nitrogen and oxygen atoms in total. The van der Waals surface area contributed by atoms with Crippen molar-refractivity contribution in [3.05, 3.63) is 58.0 Å². The zero-order valence-corrected chi connectivity index (χ0v) is 18.2. The number of aromatic nitrogens is 3. The minimum Gasteiger partial charge on any atom is -0.308 e. The number of rotatable bonds is 6. The van der Waals surface area contributed by atoms with Gasteiger partial charge < -0.3 is 9.47 Å². The van der Waals surface area contributed by atoms with Crippen LogP contribution in [0, 0.1) is 0 Å². The minimum atomic E-state index is -0.208. The van der Waals surface area contributed by atoms with Gasteiger partial charge in [0.2, 0.25) is 5.91 Å². The molecule has 2 aromatic heterocycles. The van der Waals surface area contributed by atoms with E-state index in [-0.39, 0.29) is 17.2 Å². The maximum Gasteiger partial charge on any atom is 0.240 e. The Morgan fingerprint density at radius 3 is 2.83 bits per heavy atom. The molecule has 0 unspecified atom stereocenters. The van der Waals surface area contributed by atoms with E-state index in [1.165, 1.54) is 23.3 Å². The molecule has 0 radical (unpaired) electrons. The predicted molar refractivity (Wildman–Crippen MR) is 118 cm³/mol. The summed E-state index contributed by atoms with van der Waals surface area (Å²) in [5, 5.41) is 11.7. The maximum atomic E-state index is 13.3. The van der Waals surface area contributed by atoms with E-state index in [4.69, 9.17) is 0 Å². The zero-order valence-electron chi connectivity index (χ0n) is 16.6. The lowest BCUT2D eigenvalue weighted by Crippen LogP contribution is -2.40. The summed E-state index contributed by atoms with van der Waals surface area (Å²) in [6.45, 7) is 4.12. The molecule has 150 valence electrons. The third-order valence-electron chi connectivity index (χ3n) is 5.63. The summed E-state index contributed by atoms with van der Waals surface area (Å²) in [4.78, 5) is 16.6. The fraction of sp³-hybridized carbons (Fsp3) is 0.409. The highest BCUT2D eigenvalue weighted by molar-refractivity contribution is 8.00. The average molecular weight is 425 g/mol. The number of anilines is 1. The number of para-hydroxylation sites is 1. The van der Waals surface area contributed by atoms with Gasteiger partial charge in [0.05, 0.1) is 5.25 Å². The van der Waals surface area contributed by atoms with Crippen molar-refractivity contribution >= 4 is 34.7 Å². The summed E-state index contributed by atoms with van der Waals surface area (Å²) in [5.41, 5.74) is 2.31. The van der Waals surface area contributed by atoms with E-state index in [1.807, 2.05) is 24.0 Å². The smallest absolute Gasteiger partial charge is 0.240 e. The van der Waals surface area contributed by atoms with Crippen LogP contribution in [0.5, 0.6) is 0 Å². The van der Waals surface area contributed by atoms with E-state index >= 15 is 0 Å². The van der Waals surface area contributed by atoms with Crippen LogP contribution in [0.2, 0.25) is 0 Å². The molecule has 2 atom stereocenters. The van der Waals surface area contributed by atoms with Gasteiger partial charge in [0.25, 0.3) is 0 Å². The Labute approximate surface area is 179 Å². The van der Waals surface area contributed by atoms with Gasteiger partial charge in [0, 0.05) is 29.1 Å². The number of thioether (sulfide) groups is 1. The molecule has 1 aliphatic heterocycles. The van der Waals surface area contributed by atoms with Crippen molar-refractivity contribution in [2.75, 3.05) is 4.90 Å². The average Bonchev–Trinajstić information content (AvgIpc) is 3.11. The van der Waals surface area contributed by atoms with Gasteiger partial charge in [-0.3, -0.25) is 4.79 Å². The number of nitrogens with zero attached hydrogens (tertiary/aromatic N) is 4. The number of thiophene rings is 1. The van der Waals surface area contributed by atoms with Gasteiger partial charge in [-0.2, -0.15) is 0 Å². The van der Waals surface area contributed by atoms with Crippen LogP contribution in [0.15, 0.2) is 46.9 Å². The Bertz CT molecular complexity index is 1030. The lowest BCUT2D eigenvalue weighted by Gasteiger charge is -2.25. The molecule has 29 heavy (non-hydrogen) atoms. The van der Waals surface area contributed by atoms with Gasteiger partial charge >= 0.3 is 0 Å². The standard InChI is InChI=1S/C22H24N4OS2/c1-14-12-16-6-3-4-8-19(16)25(14)21(27)15(2)29-22-24-23-20(26(22)17-9-10-17)13-18-7-5-11-28-18/h3-8,11,14-15,17H,9-10,12-13H2,1-2H3/t14-,15-/m0/s1. The number of amides is 1. The van der Waals surface area contributed by atoms with E-state index < -0.39 is 0 Å². The van der Waals surface area contributed by atoms with Crippen molar-refractivity contribution in [1.82, 2.24) is 14.8 Å². The van der Waals surface area contributed by atoms with Gasteiger partial charge in [0.1, 0.15) is 5.82 Å². The van der Waals surface area contributed by atoms with E-state index in [2.05, 4.69) is 51.3 Å². The van der Waals surface area contributed by atoms with Crippen LogP contribution >= 0.6 is 23.1 Å². The predicted octanol–water partition coefficient (Wildman–Crippen LogP) is 4.72. The highest BCUT2D eigenvalue weighted by Gasteiger charge is 2.35. The lowest BCUT2D eigenvalue weighted by molar-refractivity contribution is -0.118. The Kier molecular flexibility index (Phi) is 4.95. The molecule has 0 saturated heterocycles. The number of carbonyl (C=O) groups excluding carboxylic acids is 1. The molecule has 1 fully saturated rings.